The summed E-state index contributed by atoms with van der Waals surface area (Å²) in [5.74, 6) is -0.0837. The summed E-state index contributed by atoms with van der Waals surface area (Å²) >= 11 is 0. The zero-order valence-electron chi connectivity index (χ0n) is 18.6. The minimum absolute atomic E-state index is 0.0574. The lowest BCUT2D eigenvalue weighted by Gasteiger charge is -2.15. The van der Waals surface area contributed by atoms with Gasteiger partial charge in [-0.25, -0.2) is 4.39 Å². The lowest BCUT2D eigenvalue weighted by Crippen LogP contribution is -2.44. The van der Waals surface area contributed by atoms with Gasteiger partial charge in [0.25, 0.3) is 5.91 Å². The number of halogens is 1. The second-order valence-electron chi connectivity index (χ2n) is 7.69. The summed E-state index contributed by atoms with van der Waals surface area (Å²) in [5, 5.41) is 12.2. The van der Waals surface area contributed by atoms with Gasteiger partial charge in [-0.05, 0) is 72.8 Å². The first-order valence-corrected chi connectivity index (χ1v) is 10.9. The van der Waals surface area contributed by atoms with E-state index in [1.165, 1.54) is 24.5 Å². The molecule has 1 atom stereocenters. The molecule has 0 unspecified atom stereocenters. The van der Waals surface area contributed by atoms with Crippen LogP contribution < -0.4 is 10.1 Å². The van der Waals surface area contributed by atoms with Gasteiger partial charge in [0.05, 0.1) is 24.3 Å². The Morgan fingerprint density at radius 1 is 0.943 bits per heavy atom. The Bertz CT molecular complexity index is 1300. The van der Waals surface area contributed by atoms with Crippen molar-refractivity contribution in [1.82, 2.24) is 15.3 Å². The van der Waals surface area contributed by atoms with E-state index >= 15 is 0 Å². The van der Waals surface area contributed by atoms with Crippen LogP contribution in [0, 0.1) is 5.82 Å². The monoisotopic (exact) mass is 471 g/mol. The Labute approximate surface area is 201 Å². The topological polar surface area (TPSA) is 101 Å². The van der Waals surface area contributed by atoms with Crippen LogP contribution in [0.3, 0.4) is 0 Å². The second-order valence-corrected chi connectivity index (χ2v) is 7.69. The van der Waals surface area contributed by atoms with E-state index in [9.17, 15) is 19.1 Å². The standard InChI is InChI=1S/C27H22FN3O4/c28-20-8-12-23(13-9-20)35-22-10-6-18(7-11-22)24-5-1-4-21(30-24)15-26(33)25(17-32)31-27(34)19-3-2-14-29-16-19/h1-14,16,25,32H,15,17H2,(H,31,34)/t25-/m0/s1. The summed E-state index contributed by atoms with van der Waals surface area (Å²) in [6.07, 6.45) is 2.86. The van der Waals surface area contributed by atoms with E-state index < -0.39 is 18.6 Å². The number of benzene rings is 2. The van der Waals surface area contributed by atoms with Crippen LogP contribution in [0.25, 0.3) is 11.3 Å². The molecule has 35 heavy (non-hydrogen) atoms. The fourth-order valence-corrected chi connectivity index (χ4v) is 3.34. The maximum Gasteiger partial charge on any atom is 0.253 e. The van der Waals surface area contributed by atoms with Gasteiger partial charge in [-0.2, -0.15) is 0 Å². The van der Waals surface area contributed by atoms with Gasteiger partial charge in [0, 0.05) is 23.7 Å². The third-order valence-corrected chi connectivity index (χ3v) is 5.16. The number of nitrogens with zero attached hydrogens (tertiary/aromatic N) is 2. The molecule has 2 aromatic heterocycles. The Kier molecular flexibility index (Phi) is 7.54. The van der Waals surface area contributed by atoms with Crippen molar-refractivity contribution < 1.29 is 23.8 Å². The molecule has 4 rings (SSSR count). The SMILES string of the molecule is O=C(N[C@@H](CO)C(=O)Cc1cccc(-c2ccc(Oc3ccc(F)cc3)cc2)n1)c1cccnc1. The normalized spacial score (nSPS) is 11.5. The first-order valence-electron chi connectivity index (χ1n) is 10.9. The summed E-state index contributed by atoms with van der Waals surface area (Å²) in [7, 11) is 0. The summed E-state index contributed by atoms with van der Waals surface area (Å²) in [6.45, 7) is -0.528. The fraction of sp³-hybridized carbons (Fsp3) is 0.111. The number of rotatable bonds is 9. The molecule has 0 radical (unpaired) electrons. The molecule has 176 valence electrons. The number of carbonyl (C=O) groups is 2. The number of aromatic nitrogens is 2. The highest BCUT2D eigenvalue weighted by molar-refractivity contribution is 5.98. The number of aliphatic hydroxyl groups excluding tert-OH is 1. The third-order valence-electron chi connectivity index (χ3n) is 5.16. The molecule has 0 aliphatic heterocycles. The van der Waals surface area contributed by atoms with Crippen molar-refractivity contribution in [2.75, 3.05) is 6.61 Å². The van der Waals surface area contributed by atoms with Crippen LogP contribution in [0.1, 0.15) is 16.1 Å². The molecule has 2 N–H and O–H groups in total. The van der Waals surface area contributed by atoms with Gasteiger partial charge in [0.2, 0.25) is 0 Å². The molecule has 4 aromatic rings. The van der Waals surface area contributed by atoms with Gasteiger partial charge in [0.15, 0.2) is 5.78 Å². The number of hydrogen-bond donors (Lipinski definition) is 2. The minimum Gasteiger partial charge on any atom is -0.457 e. The van der Waals surface area contributed by atoms with E-state index in [1.54, 1.807) is 48.5 Å². The number of pyridine rings is 2. The predicted molar refractivity (Wildman–Crippen MR) is 127 cm³/mol. The second kappa shape index (κ2) is 11.1. The van der Waals surface area contributed by atoms with Crippen LogP contribution in [0.4, 0.5) is 4.39 Å². The first-order chi connectivity index (χ1) is 17.0. The summed E-state index contributed by atoms with van der Waals surface area (Å²) in [6, 6.07) is 20.4. The quantitative estimate of drug-likeness (QED) is 0.383. The average Bonchev–Trinajstić information content (AvgIpc) is 2.89. The van der Waals surface area contributed by atoms with E-state index in [2.05, 4.69) is 15.3 Å². The molecule has 7 nitrogen and oxygen atoms in total. The van der Waals surface area contributed by atoms with Crippen molar-refractivity contribution in [3.05, 3.63) is 108 Å². The molecule has 0 bridgehead atoms. The summed E-state index contributed by atoms with van der Waals surface area (Å²) in [4.78, 5) is 33.5. The van der Waals surface area contributed by atoms with Crippen molar-refractivity contribution in [3.63, 3.8) is 0 Å². The lowest BCUT2D eigenvalue weighted by atomic mass is 10.1. The third kappa shape index (κ3) is 6.33. The van der Waals surface area contributed by atoms with Gasteiger partial charge in [-0.3, -0.25) is 19.6 Å². The highest BCUT2D eigenvalue weighted by atomic mass is 19.1. The van der Waals surface area contributed by atoms with E-state index in [0.717, 1.165) is 5.56 Å². The maximum absolute atomic E-state index is 13.1. The van der Waals surface area contributed by atoms with Crippen molar-refractivity contribution in [2.45, 2.75) is 12.5 Å². The van der Waals surface area contributed by atoms with Gasteiger partial charge in [0.1, 0.15) is 23.4 Å². The Morgan fingerprint density at radius 2 is 1.66 bits per heavy atom. The number of ketones is 1. The van der Waals surface area contributed by atoms with Gasteiger partial charge in [-0.1, -0.05) is 6.07 Å². The van der Waals surface area contributed by atoms with E-state index in [4.69, 9.17) is 4.74 Å². The fourth-order valence-electron chi connectivity index (χ4n) is 3.34. The van der Waals surface area contributed by atoms with Crippen molar-refractivity contribution >= 4 is 11.7 Å². The van der Waals surface area contributed by atoms with E-state index in [-0.39, 0.29) is 18.0 Å². The number of nitrogens with one attached hydrogen (secondary N) is 1. The van der Waals surface area contributed by atoms with Crippen LogP contribution in [0.2, 0.25) is 0 Å². The number of amides is 1. The van der Waals surface area contributed by atoms with Gasteiger partial charge >= 0.3 is 0 Å². The Hall–Kier alpha value is -4.43. The molecule has 0 saturated heterocycles. The maximum atomic E-state index is 13.1. The summed E-state index contributed by atoms with van der Waals surface area (Å²) < 4.78 is 18.8. The molecule has 2 aromatic carbocycles. The first kappa shape index (κ1) is 23.7. The lowest BCUT2D eigenvalue weighted by molar-refractivity contribution is -0.121. The molecular weight excluding hydrogens is 449 g/mol. The number of hydrogen-bond acceptors (Lipinski definition) is 6. The minimum atomic E-state index is -1.06. The average molecular weight is 471 g/mol. The van der Waals surface area contributed by atoms with Crippen LogP contribution in [-0.2, 0) is 11.2 Å². The molecular formula is C27H22FN3O4. The number of Topliss-reactive ketones (excluding diaryl/α,β-unsaturated/α-hetero) is 1. The van der Waals surface area contributed by atoms with Crippen LogP contribution >= 0.6 is 0 Å². The highest BCUT2D eigenvalue weighted by Gasteiger charge is 2.21. The van der Waals surface area contributed by atoms with Gasteiger partial charge in [-0.15, -0.1) is 0 Å². The predicted octanol–water partition coefficient (Wildman–Crippen LogP) is 3.98. The molecule has 0 aliphatic rings. The largest absolute Gasteiger partial charge is 0.457 e. The molecule has 8 heteroatoms. The zero-order chi connectivity index (χ0) is 24.6. The Balaban J connectivity index is 1.41. The summed E-state index contributed by atoms with van der Waals surface area (Å²) in [5.41, 5.74) is 2.27. The number of ether oxygens (including phenoxy) is 1. The van der Waals surface area contributed by atoms with Crippen LogP contribution in [0.15, 0.2) is 91.3 Å². The molecule has 2 heterocycles. The van der Waals surface area contributed by atoms with Crippen molar-refractivity contribution in [1.29, 1.82) is 0 Å². The number of aliphatic hydroxyl groups is 1. The molecule has 0 spiro atoms. The molecule has 0 saturated carbocycles. The highest BCUT2D eigenvalue weighted by Crippen LogP contribution is 2.25. The van der Waals surface area contributed by atoms with Crippen LogP contribution in [0.5, 0.6) is 11.5 Å². The smallest absolute Gasteiger partial charge is 0.253 e. The van der Waals surface area contributed by atoms with Crippen LogP contribution in [-0.4, -0.2) is 39.4 Å². The van der Waals surface area contributed by atoms with E-state index in [0.29, 0.717) is 28.5 Å². The molecule has 0 aliphatic carbocycles. The molecule has 0 fully saturated rings. The van der Waals surface area contributed by atoms with Crippen molar-refractivity contribution in [2.24, 2.45) is 0 Å². The van der Waals surface area contributed by atoms with E-state index in [1.807, 2.05) is 18.2 Å². The number of carbonyl (C=O) groups excluding carboxylic acids is 2. The Morgan fingerprint density at radius 3 is 2.31 bits per heavy atom. The molecule has 1 amide bonds. The van der Waals surface area contributed by atoms with Gasteiger partial charge < -0.3 is 15.2 Å². The zero-order valence-corrected chi connectivity index (χ0v) is 18.6. The van der Waals surface area contributed by atoms with Crippen molar-refractivity contribution in [3.8, 4) is 22.8 Å².